The van der Waals surface area contributed by atoms with E-state index in [2.05, 4.69) is 43.2 Å². The number of thiazole rings is 1. The molecule has 4 N–H and O–H groups in total. The van der Waals surface area contributed by atoms with Gasteiger partial charge in [-0.3, -0.25) is 10.1 Å². The fraction of sp³-hybridized carbons (Fsp3) is 0.333. The number of hydrogen-bond donors (Lipinski definition) is 4. The van der Waals surface area contributed by atoms with Gasteiger partial charge in [-0.05, 0) is 62.4 Å². The highest BCUT2D eigenvalue weighted by molar-refractivity contribution is 7.22. The minimum atomic E-state index is -0.729. The molecule has 1 saturated heterocycles. The first-order valence-electron chi connectivity index (χ1n) is 13.9. The van der Waals surface area contributed by atoms with Crippen molar-refractivity contribution in [1.82, 2.24) is 30.2 Å². The van der Waals surface area contributed by atoms with Crippen molar-refractivity contribution in [2.24, 2.45) is 10.4 Å². The third-order valence-corrected chi connectivity index (χ3v) is 8.89. The molecule has 0 saturated carbocycles. The Bertz CT molecular complexity index is 1710. The van der Waals surface area contributed by atoms with Gasteiger partial charge in [-0.15, -0.1) is 0 Å². The van der Waals surface area contributed by atoms with Crippen LogP contribution >= 0.6 is 11.3 Å². The van der Waals surface area contributed by atoms with Gasteiger partial charge in [0.2, 0.25) is 0 Å². The van der Waals surface area contributed by atoms with Crippen molar-refractivity contribution in [1.29, 1.82) is 0 Å². The maximum Gasteiger partial charge on any atom is 0.321 e. The molecule has 0 aliphatic carbocycles. The minimum absolute atomic E-state index is 0.314. The Labute approximate surface area is 247 Å². The van der Waals surface area contributed by atoms with Crippen molar-refractivity contribution in [2.75, 3.05) is 25.0 Å². The first-order chi connectivity index (χ1) is 20.3. The zero-order chi connectivity index (χ0) is 29.9. The molecule has 5 rings (SSSR count). The number of allylic oxidation sites excluding steroid dienone is 2. The number of fused-ring (bicyclic) bond motifs is 2. The lowest BCUT2D eigenvalue weighted by molar-refractivity contribution is -0.152. The van der Waals surface area contributed by atoms with E-state index in [1.54, 1.807) is 6.21 Å². The third kappa shape index (κ3) is 5.62. The van der Waals surface area contributed by atoms with Crippen molar-refractivity contribution in [3.63, 3.8) is 0 Å². The number of aliphatic imine (C=N–C) groups is 1. The summed E-state index contributed by atoms with van der Waals surface area (Å²) in [5, 5.41) is 16.6. The van der Waals surface area contributed by atoms with Crippen LogP contribution in [0.25, 0.3) is 38.1 Å². The van der Waals surface area contributed by atoms with Gasteiger partial charge < -0.3 is 20.3 Å². The maximum absolute atomic E-state index is 12.2. The van der Waals surface area contributed by atoms with E-state index in [9.17, 15) is 14.7 Å². The number of nitrogens with zero attached hydrogens (tertiary/aromatic N) is 5. The van der Waals surface area contributed by atoms with E-state index < -0.39 is 11.4 Å². The highest BCUT2D eigenvalue weighted by Gasteiger charge is 2.40. The molecular formula is C30H34N8O3S. The van der Waals surface area contributed by atoms with Gasteiger partial charge in [0, 0.05) is 43.0 Å². The van der Waals surface area contributed by atoms with Crippen LogP contribution in [0.4, 0.5) is 9.93 Å². The summed E-state index contributed by atoms with van der Waals surface area (Å²) in [4.78, 5) is 47.6. The van der Waals surface area contributed by atoms with Crippen LogP contribution in [-0.4, -0.2) is 67.8 Å². The summed E-state index contributed by atoms with van der Waals surface area (Å²) in [5.41, 5.74) is 4.12. The minimum Gasteiger partial charge on any atom is -0.481 e. The lowest BCUT2D eigenvalue weighted by Gasteiger charge is -2.39. The predicted octanol–water partition coefficient (Wildman–Crippen LogP) is 5.90. The van der Waals surface area contributed by atoms with Gasteiger partial charge in [0.15, 0.2) is 5.13 Å². The number of likely N-dealkylation sites (tertiary alicyclic amines) is 1. The first kappa shape index (κ1) is 28.9. The second kappa shape index (κ2) is 12.1. The monoisotopic (exact) mass is 586 g/mol. The number of aromatic amines is 1. The van der Waals surface area contributed by atoms with Gasteiger partial charge in [-0.25, -0.2) is 24.7 Å². The number of hydrogen-bond acceptors (Lipinski definition) is 8. The Morgan fingerprint density at radius 1 is 1.26 bits per heavy atom. The van der Waals surface area contributed by atoms with E-state index in [0.29, 0.717) is 55.4 Å². The van der Waals surface area contributed by atoms with E-state index >= 15 is 0 Å². The Kier molecular flexibility index (Phi) is 8.34. The van der Waals surface area contributed by atoms with Gasteiger partial charge in [0.25, 0.3) is 0 Å². The van der Waals surface area contributed by atoms with Gasteiger partial charge in [0.1, 0.15) is 17.8 Å². The summed E-state index contributed by atoms with van der Waals surface area (Å²) >= 11 is 1.38. The predicted molar refractivity (Wildman–Crippen MR) is 168 cm³/mol. The van der Waals surface area contributed by atoms with E-state index in [-0.39, 0.29) is 6.03 Å². The van der Waals surface area contributed by atoms with Gasteiger partial charge in [-0.2, -0.15) is 0 Å². The molecule has 4 heterocycles. The number of urea groups is 1. The molecule has 42 heavy (non-hydrogen) atoms. The second-order valence-corrected chi connectivity index (χ2v) is 11.2. The Hall–Kier alpha value is -4.58. The molecule has 0 unspecified atom stereocenters. The largest absolute Gasteiger partial charge is 0.481 e. The standard InChI is InChI=1S/C30H34N8O3S/c1-5-19(16-33-18(4)38-12-9-30(6-2,10-13-38)27(39)40)20-14-22(24-21-8-11-32-26(21)35-17-34-24)25-23(15-20)36-29(42-25)37-28(41)31-7-3/h5,8,11,14-17H,4,6-7,9-10,12-13H2,1-3H3,(H,39,40)(H,32,34,35)(H2,31,36,37,41)/b19-5+,33-16-. The Morgan fingerprint density at radius 2 is 2.05 bits per heavy atom. The normalized spacial score (nSPS) is 15.4. The van der Waals surface area contributed by atoms with Crippen LogP contribution in [0.15, 0.2) is 54.2 Å². The van der Waals surface area contributed by atoms with Crippen LogP contribution in [0, 0.1) is 5.41 Å². The number of amides is 2. The van der Waals surface area contributed by atoms with Crippen molar-refractivity contribution in [3.05, 3.63) is 54.8 Å². The quantitative estimate of drug-likeness (QED) is 0.179. The summed E-state index contributed by atoms with van der Waals surface area (Å²) in [5.74, 6) is -0.134. The number of nitrogens with one attached hydrogen (secondary N) is 3. The number of aliphatic carboxylic acids is 1. The summed E-state index contributed by atoms with van der Waals surface area (Å²) in [6, 6.07) is 5.65. The zero-order valence-electron chi connectivity index (χ0n) is 23.9. The molecule has 0 atom stereocenters. The maximum atomic E-state index is 12.2. The van der Waals surface area contributed by atoms with E-state index in [4.69, 9.17) is 4.98 Å². The molecule has 1 aromatic carbocycles. The fourth-order valence-corrected chi connectivity index (χ4v) is 6.23. The van der Waals surface area contributed by atoms with Crippen LogP contribution in [0.2, 0.25) is 0 Å². The highest BCUT2D eigenvalue weighted by Crippen LogP contribution is 2.39. The number of carbonyl (C=O) groups is 2. The number of aromatic nitrogens is 4. The molecule has 1 aliphatic heterocycles. The van der Waals surface area contributed by atoms with Crippen LogP contribution in [-0.2, 0) is 4.79 Å². The molecule has 11 nitrogen and oxygen atoms in total. The van der Waals surface area contributed by atoms with E-state index in [1.165, 1.54) is 17.7 Å². The van der Waals surface area contributed by atoms with Gasteiger partial charge in [0.05, 0.1) is 21.3 Å². The van der Waals surface area contributed by atoms with Crippen LogP contribution in [0.3, 0.4) is 0 Å². The van der Waals surface area contributed by atoms with Gasteiger partial charge >= 0.3 is 12.0 Å². The smallest absolute Gasteiger partial charge is 0.321 e. The average molecular weight is 587 g/mol. The van der Waals surface area contributed by atoms with E-state index in [1.807, 2.05) is 50.1 Å². The molecule has 218 valence electrons. The van der Waals surface area contributed by atoms with Crippen LogP contribution in [0.5, 0.6) is 0 Å². The summed E-state index contributed by atoms with van der Waals surface area (Å²) in [7, 11) is 0. The number of carboxylic acid groups (broad SMARTS) is 1. The topological polar surface area (TPSA) is 148 Å². The van der Waals surface area contributed by atoms with Crippen molar-refractivity contribution < 1.29 is 14.7 Å². The number of anilines is 1. The molecule has 4 aromatic rings. The Morgan fingerprint density at radius 3 is 2.74 bits per heavy atom. The first-order valence-corrected chi connectivity index (χ1v) is 14.8. The van der Waals surface area contributed by atoms with Crippen molar-refractivity contribution in [3.8, 4) is 11.3 Å². The number of carboxylic acids is 1. The molecule has 0 spiro atoms. The number of carbonyl (C=O) groups excluding carboxylic acids is 1. The molecule has 0 bridgehead atoms. The lowest BCUT2D eigenvalue weighted by Crippen LogP contribution is -2.43. The molecule has 3 aromatic heterocycles. The molecule has 1 aliphatic rings. The van der Waals surface area contributed by atoms with Crippen LogP contribution < -0.4 is 10.6 Å². The third-order valence-electron chi connectivity index (χ3n) is 7.87. The number of rotatable bonds is 9. The number of H-pyrrole nitrogens is 1. The van der Waals surface area contributed by atoms with E-state index in [0.717, 1.165) is 38.1 Å². The highest BCUT2D eigenvalue weighted by atomic mass is 32.1. The van der Waals surface area contributed by atoms with Crippen LogP contribution in [0.1, 0.15) is 45.6 Å². The zero-order valence-corrected chi connectivity index (χ0v) is 24.7. The molecule has 12 heteroatoms. The summed E-state index contributed by atoms with van der Waals surface area (Å²) < 4.78 is 0.884. The molecule has 2 amide bonds. The van der Waals surface area contributed by atoms with Crippen molar-refractivity contribution >= 4 is 61.5 Å². The lowest BCUT2D eigenvalue weighted by atomic mass is 9.76. The Balaban J connectivity index is 1.48. The van der Waals surface area contributed by atoms with Gasteiger partial charge in [-0.1, -0.05) is 30.9 Å². The SMILES string of the molecule is C=C(/N=C\C(=C/C)c1cc(-c2ncnc3[nH]ccc23)c2sc(NC(=O)NCC)nc2c1)N1CCC(CC)(C(=O)O)CC1. The second-order valence-electron chi connectivity index (χ2n) is 10.2. The number of piperidine rings is 1. The summed E-state index contributed by atoms with van der Waals surface area (Å²) in [6.45, 7) is 11.6. The molecule has 1 fully saturated rings. The fourth-order valence-electron chi connectivity index (χ4n) is 5.27. The van der Waals surface area contributed by atoms with Crippen molar-refractivity contribution in [2.45, 2.75) is 40.0 Å². The average Bonchev–Trinajstić information content (AvgIpc) is 3.63. The molecule has 0 radical (unpaired) electrons. The summed E-state index contributed by atoms with van der Waals surface area (Å²) in [6.07, 6.45) is 8.84. The molecular weight excluding hydrogens is 552 g/mol. The number of benzene rings is 1.